The predicted octanol–water partition coefficient (Wildman–Crippen LogP) is 7.01. The normalized spacial score (nSPS) is 15.5. The fourth-order valence-electron chi connectivity index (χ4n) is 4.94. The molecule has 3 heterocycles. The zero-order valence-corrected chi connectivity index (χ0v) is 22.1. The van der Waals surface area contributed by atoms with Gasteiger partial charge in [-0.25, -0.2) is 4.98 Å². The molecule has 0 bridgehead atoms. The molecule has 2 aromatic heterocycles. The standard InChI is InChI=1S/C31H24N2O5S/c1-4-13-37-21-11-9-19(10-12-21)27-25(28(34)23-16-20-7-5-6-8-22(20)38-23)29(35)30(36)33(27)31-32-26-18(3)14-17(2)15-24(26)39-31/h4-12,14-16,27,35H,1,13H2,2-3H3/t27-/m1/s1. The molecule has 5 aromatic rings. The predicted molar refractivity (Wildman–Crippen MR) is 152 cm³/mol. The molecule has 0 spiro atoms. The van der Waals surface area contributed by atoms with Crippen molar-refractivity contribution in [3.05, 3.63) is 113 Å². The number of furan rings is 1. The molecule has 1 N–H and O–H groups in total. The summed E-state index contributed by atoms with van der Waals surface area (Å²) in [5, 5.41) is 12.3. The molecule has 1 atom stereocenters. The summed E-state index contributed by atoms with van der Waals surface area (Å²) in [7, 11) is 0. The van der Waals surface area contributed by atoms with Gasteiger partial charge < -0.3 is 14.3 Å². The Labute approximate surface area is 228 Å². The lowest BCUT2D eigenvalue weighted by Gasteiger charge is -2.24. The van der Waals surface area contributed by atoms with Gasteiger partial charge >= 0.3 is 0 Å². The molecule has 1 aliphatic heterocycles. The van der Waals surface area contributed by atoms with Gasteiger partial charge in [0.05, 0.1) is 21.8 Å². The number of Topliss-reactive ketones (excluding diaryl/α,β-unsaturated/α-hetero) is 1. The van der Waals surface area contributed by atoms with Gasteiger partial charge in [-0.3, -0.25) is 14.5 Å². The van der Waals surface area contributed by atoms with Crippen LogP contribution in [0.3, 0.4) is 0 Å². The average Bonchev–Trinajstić information content (AvgIpc) is 3.62. The van der Waals surface area contributed by atoms with E-state index >= 15 is 0 Å². The Bertz CT molecular complexity index is 1780. The smallest absolute Gasteiger partial charge is 0.296 e. The number of aliphatic hydroxyl groups excluding tert-OH is 1. The number of carbonyl (C=O) groups excluding carboxylic acids is 2. The number of nitrogens with zero attached hydrogens (tertiary/aromatic N) is 2. The summed E-state index contributed by atoms with van der Waals surface area (Å²) in [6.45, 7) is 7.98. The summed E-state index contributed by atoms with van der Waals surface area (Å²) >= 11 is 1.34. The molecule has 39 heavy (non-hydrogen) atoms. The van der Waals surface area contributed by atoms with Gasteiger partial charge in [-0.1, -0.05) is 60.4 Å². The maximum atomic E-state index is 13.9. The Morgan fingerprint density at radius 3 is 2.67 bits per heavy atom. The number of ether oxygens (including phenoxy) is 1. The van der Waals surface area contributed by atoms with E-state index in [9.17, 15) is 14.7 Å². The van der Waals surface area contributed by atoms with Crippen molar-refractivity contribution in [3.8, 4) is 5.75 Å². The molecule has 1 amide bonds. The van der Waals surface area contributed by atoms with Crippen molar-refractivity contribution in [2.75, 3.05) is 11.5 Å². The van der Waals surface area contributed by atoms with Crippen molar-refractivity contribution in [2.45, 2.75) is 19.9 Å². The van der Waals surface area contributed by atoms with Crippen LogP contribution in [-0.4, -0.2) is 28.4 Å². The van der Waals surface area contributed by atoms with Crippen molar-refractivity contribution >= 4 is 49.3 Å². The molecule has 0 saturated carbocycles. The molecule has 8 heteroatoms. The van der Waals surface area contributed by atoms with Gasteiger partial charge in [0.1, 0.15) is 17.9 Å². The van der Waals surface area contributed by atoms with Crippen LogP contribution in [0.25, 0.3) is 21.2 Å². The highest BCUT2D eigenvalue weighted by Crippen LogP contribution is 2.45. The second kappa shape index (κ2) is 9.56. The van der Waals surface area contributed by atoms with Crippen LogP contribution in [-0.2, 0) is 4.79 Å². The van der Waals surface area contributed by atoms with Crippen LogP contribution in [0.5, 0.6) is 5.75 Å². The quantitative estimate of drug-likeness (QED) is 0.178. The number of fused-ring (bicyclic) bond motifs is 2. The van der Waals surface area contributed by atoms with Crippen molar-refractivity contribution in [2.24, 2.45) is 0 Å². The lowest BCUT2D eigenvalue weighted by atomic mass is 9.95. The molecule has 0 saturated heterocycles. The van der Waals surface area contributed by atoms with Gasteiger partial charge in [-0.2, -0.15) is 0 Å². The Morgan fingerprint density at radius 1 is 1.15 bits per heavy atom. The van der Waals surface area contributed by atoms with Gasteiger partial charge in [0, 0.05) is 5.39 Å². The van der Waals surface area contributed by atoms with E-state index in [1.807, 2.05) is 44.2 Å². The third-order valence-electron chi connectivity index (χ3n) is 6.69. The van der Waals surface area contributed by atoms with Crippen LogP contribution < -0.4 is 9.64 Å². The minimum atomic E-state index is -0.923. The van der Waals surface area contributed by atoms with Gasteiger partial charge in [0.2, 0.25) is 5.78 Å². The molecule has 1 aliphatic rings. The zero-order chi connectivity index (χ0) is 27.3. The molecule has 0 unspecified atom stereocenters. The van der Waals surface area contributed by atoms with Crippen LogP contribution in [0.1, 0.15) is 33.3 Å². The number of carbonyl (C=O) groups is 2. The van der Waals surface area contributed by atoms with E-state index in [1.54, 1.807) is 42.5 Å². The summed E-state index contributed by atoms with van der Waals surface area (Å²) in [6.07, 6.45) is 1.65. The minimum Gasteiger partial charge on any atom is -0.503 e. The maximum absolute atomic E-state index is 13.9. The number of rotatable bonds is 7. The highest BCUT2D eigenvalue weighted by atomic mass is 32.1. The second-order valence-corrected chi connectivity index (χ2v) is 10.4. The van der Waals surface area contributed by atoms with Gasteiger partial charge in [0.25, 0.3) is 5.91 Å². The summed E-state index contributed by atoms with van der Waals surface area (Å²) in [4.78, 5) is 33.6. The summed E-state index contributed by atoms with van der Waals surface area (Å²) in [5.41, 5.74) is 3.93. The number of amides is 1. The Hall–Kier alpha value is -4.69. The Balaban J connectivity index is 1.49. The first-order valence-corrected chi connectivity index (χ1v) is 13.2. The van der Waals surface area contributed by atoms with Crippen LogP contribution in [0.4, 0.5) is 5.13 Å². The topological polar surface area (TPSA) is 92.9 Å². The van der Waals surface area contributed by atoms with Gasteiger partial charge in [-0.05, 0) is 60.9 Å². The number of ketones is 1. The van der Waals surface area contributed by atoms with Crippen molar-refractivity contribution < 1.29 is 23.8 Å². The van der Waals surface area contributed by atoms with Crippen LogP contribution in [0, 0.1) is 13.8 Å². The lowest BCUT2D eigenvalue weighted by Crippen LogP contribution is -2.30. The number of para-hydroxylation sites is 1. The Kier molecular flexibility index (Phi) is 6.04. The minimum absolute atomic E-state index is 0.0408. The lowest BCUT2D eigenvalue weighted by molar-refractivity contribution is -0.117. The molecule has 3 aromatic carbocycles. The molecule has 0 radical (unpaired) electrons. The van der Waals surface area contributed by atoms with E-state index in [2.05, 4.69) is 6.58 Å². The highest BCUT2D eigenvalue weighted by Gasteiger charge is 2.46. The van der Waals surface area contributed by atoms with E-state index < -0.39 is 23.5 Å². The largest absolute Gasteiger partial charge is 0.503 e. The molecule has 194 valence electrons. The molecular formula is C31H24N2O5S. The maximum Gasteiger partial charge on any atom is 0.296 e. The third-order valence-corrected chi connectivity index (χ3v) is 7.69. The molecule has 6 rings (SSSR count). The summed E-state index contributed by atoms with van der Waals surface area (Å²) < 4.78 is 12.4. The number of hydrogen-bond donors (Lipinski definition) is 1. The number of aryl methyl sites for hydroxylation is 2. The number of thiazole rings is 1. The first kappa shape index (κ1) is 24.6. The summed E-state index contributed by atoms with van der Waals surface area (Å²) in [5.74, 6) is -1.23. The molecular weight excluding hydrogens is 512 g/mol. The van der Waals surface area contributed by atoms with Crippen LogP contribution >= 0.6 is 11.3 Å². The van der Waals surface area contributed by atoms with E-state index in [1.165, 1.54) is 16.2 Å². The van der Waals surface area contributed by atoms with Crippen molar-refractivity contribution in [1.82, 2.24) is 4.98 Å². The molecule has 0 fully saturated rings. The van der Waals surface area contributed by atoms with Gasteiger partial charge in [-0.15, -0.1) is 0 Å². The fraction of sp³-hybridized carbons (Fsp3) is 0.129. The van der Waals surface area contributed by atoms with Gasteiger partial charge in [0.15, 0.2) is 16.7 Å². The number of aromatic nitrogens is 1. The SMILES string of the molecule is C=CCOc1ccc([C@@H]2C(C(=O)c3cc4ccccc4o3)=C(O)C(=O)N2c2nc3c(C)cc(C)cc3s2)cc1. The second-order valence-electron chi connectivity index (χ2n) is 9.41. The average molecular weight is 537 g/mol. The van der Waals surface area contributed by atoms with E-state index in [4.69, 9.17) is 14.1 Å². The van der Waals surface area contributed by atoms with E-state index in [0.29, 0.717) is 28.6 Å². The first-order valence-electron chi connectivity index (χ1n) is 12.4. The number of anilines is 1. The molecule has 0 aliphatic carbocycles. The monoisotopic (exact) mass is 536 g/mol. The van der Waals surface area contributed by atoms with Crippen LogP contribution in [0.15, 0.2) is 95.1 Å². The highest BCUT2D eigenvalue weighted by molar-refractivity contribution is 7.22. The van der Waals surface area contributed by atoms with E-state index in [-0.39, 0.29) is 11.3 Å². The van der Waals surface area contributed by atoms with Crippen molar-refractivity contribution in [3.63, 3.8) is 0 Å². The number of aliphatic hydroxyl groups is 1. The zero-order valence-electron chi connectivity index (χ0n) is 21.3. The number of benzene rings is 3. The summed E-state index contributed by atoms with van der Waals surface area (Å²) in [6, 6.07) is 19.1. The fourth-order valence-corrected chi connectivity index (χ4v) is 6.11. The third kappa shape index (κ3) is 4.19. The first-order chi connectivity index (χ1) is 18.9. The number of hydrogen-bond acceptors (Lipinski definition) is 7. The van der Waals surface area contributed by atoms with Crippen molar-refractivity contribution in [1.29, 1.82) is 0 Å². The van der Waals surface area contributed by atoms with Crippen LogP contribution in [0.2, 0.25) is 0 Å². The Morgan fingerprint density at radius 2 is 1.92 bits per heavy atom. The molecule has 7 nitrogen and oxygen atoms in total. The van der Waals surface area contributed by atoms with E-state index in [0.717, 1.165) is 26.7 Å².